The number of amides is 3. The summed E-state index contributed by atoms with van der Waals surface area (Å²) < 4.78 is 4.96. The van der Waals surface area contributed by atoms with Crippen LogP contribution in [0.5, 0.6) is 0 Å². The normalized spacial score (nSPS) is 14.2. The van der Waals surface area contributed by atoms with Crippen molar-refractivity contribution in [1.82, 2.24) is 5.32 Å². The molecule has 3 rings (SSSR count). The quantitative estimate of drug-likeness (QED) is 0.872. The van der Waals surface area contributed by atoms with Gasteiger partial charge in [0.25, 0.3) is 5.91 Å². The third-order valence-corrected chi connectivity index (χ3v) is 3.92. The molecule has 1 fully saturated rings. The van der Waals surface area contributed by atoms with Gasteiger partial charge in [-0.15, -0.1) is 0 Å². The third kappa shape index (κ3) is 4.26. The number of hydrogen-bond acceptors (Lipinski definition) is 4. The summed E-state index contributed by atoms with van der Waals surface area (Å²) in [5.74, 6) is -0.561. The molecule has 0 atom stereocenters. The molecule has 0 saturated carbocycles. The van der Waals surface area contributed by atoms with Crippen LogP contribution in [0.25, 0.3) is 0 Å². The Hall–Kier alpha value is -3.09. The van der Waals surface area contributed by atoms with Gasteiger partial charge in [-0.25, -0.2) is 0 Å². The maximum atomic E-state index is 12.0. The smallest absolute Gasteiger partial charge is 0.287 e. The summed E-state index contributed by atoms with van der Waals surface area (Å²) in [5, 5.41) is 5.20. The fourth-order valence-corrected chi connectivity index (χ4v) is 2.69. The van der Waals surface area contributed by atoms with E-state index in [0.29, 0.717) is 18.7 Å². The van der Waals surface area contributed by atoms with Crippen molar-refractivity contribution in [2.24, 2.45) is 0 Å². The summed E-state index contributed by atoms with van der Waals surface area (Å²) in [5.41, 5.74) is 1.34. The SMILES string of the molecule is O=C(CNC(=O)c1ccco1)Nc1cccc(N2CCCCC2=O)c1. The van der Waals surface area contributed by atoms with Crippen molar-refractivity contribution in [1.29, 1.82) is 0 Å². The van der Waals surface area contributed by atoms with E-state index in [-0.39, 0.29) is 24.1 Å². The van der Waals surface area contributed by atoms with Crippen molar-refractivity contribution in [3.8, 4) is 0 Å². The molecule has 0 aliphatic carbocycles. The van der Waals surface area contributed by atoms with Crippen LogP contribution in [0.2, 0.25) is 0 Å². The number of nitrogens with one attached hydrogen (secondary N) is 2. The molecule has 1 aromatic heterocycles. The van der Waals surface area contributed by atoms with E-state index in [2.05, 4.69) is 10.6 Å². The van der Waals surface area contributed by atoms with Crippen LogP contribution in [0, 0.1) is 0 Å². The third-order valence-electron chi connectivity index (χ3n) is 3.92. The maximum absolute atomic E-state index is 12.0. The number of benzene rings is 1. The number of nitrogens with zero attached hydrogens (tertiary/aromatic N) is 1. The average Bonchev–Trinajstić information content (AvgIpc) is 3.15. The highest BCUT2D eigenvalue weighted by atomic mass is 16.3. The Morgan fingerprint density at radius 2 is 2.04 bits per heavy atom. The van der Waals surface area contributed by atoms with Gasteiger partial charge in [0.05, 0.1) is 12.8 Å². The summed E-state index contributed by atoms with van der Waals surface area (Å²) in [4.78, 5) is 37.5. The molecule has 0 unspecified atom stereocenters. The lowest BCUT2D eigenvalue weighted by atomic mass is 10.1. The summed E-state index contributed by atoms with van der Waals surface area (Å²) >= 11 is 0. The average molecular weight is 341 g/mol. The molecule has 7 nitrogen and oxygen atoms in total. The fraction of sp³-hybridized carbons (Fsp3) is 0.278. The lowest BCUT2D eigenvalue weighted by Gasteiger charge is -2.27. The van der Waals surface area contributed by atoms with Gasteiger partial charge in [0, 0.05) is 24.3 Å². The monoisotopic (exact) mass is 341 g/mol. The second-order valence-corrected chi connectivity index (χ2v) is 5.76. The molecular weight excluding hydrogens is 322 g/mol. The molecule has 1 aromatic carbocycles. The lowest BCUT2D eigenvalue weighted by molar-refractivity contribution is -0.119. The van der Waals surface area contributed by atoms with E-state index >= 15 is 0 Å². The molecule has 2 aromatic rings. The maximum Gasteiger partial charge on any atom is 0.287 e. The number of carbonyl (C=O) groups is 3. The molecule has 25 heavy (non-hydrogen) atoms. The van der Waals surface area contributed by atoms with Gasteiger partial charge in [0.15, 0.2) is 5.76 Å². The number of carbonyl (C=O) groups excluding carboxylic acids is 3. The highest BCUT2D eigenvalue weighted by molar-refractivity contribution is 5.99. The molecule has 2 N–H and O–H groups in total. The predicted octanol–water partition coefficient (Wildman–Crippen LogP) is 2.17. The van der Waals surface area contributed by atoms with Crippen LogP contribution in [0.1, 0.15) is 29.8 Å². The lowest BCUT2D eigenvalue weighted by Crippen LogP contribution is -2.35. The topological polar surface area (TPSA) is 91.7 Å². The first-order valence-corrected chi connectivity index (χ1v) is 8.15. The molecule has 0 radical (unpaired) electrons. The van der Waals surface area contributed by atoms with Crippen molar-refractivity contribution >= 4 is 29.1 Å². The molecule has 1 aliphatic heterocycles. The summed E-state index contributed by atoms with van der Waals surface area (Å²) in [6.07, 6.45) is 3.83. The Labute approximate surface area is 145 Å². The van der Waals surface area contributed by atoms with E-state index in [0.717, 1.165) is 18.5 Å². The van der Waals surface area contributed by atoms with Crippen molar-refractivity contribution in [3.63, 3.8) is 0 Å². The number of rotatable bonds is 5. The van der Waals surface area contributed by atoms with Gasteiger partial charge in [-0.1, -0.05) is 6.07 Å². The zero-order chi connectivity index (χ0) is 17.6. The Morgan fingerprint density at radius 3 is 2.80 bits per heavy atom. The highest BCUT2D eigenvalue weighted by Crippen LogP contribution is 2.23. The molecule has 2 heterocycles. The Kier molecular flexibility index (Phi) is 5.13. The van der Waals surface area contributed by atoms with Crippen LogP contribution in [0.4, 0.5) is 11.4 Å². The fourth-order valence-electron chi connectivity index (χ4n) is 2.69. The Balaban J connectivity index is 1.57. The van der Waals surface area contributed by atoms with Gasteiger partial charge >= 0.3 is 0 Å². The van der Waals surface area contributed by atoms with Crippen molar-refractivity contribution in [3.05, 3.63) is 48.4 Å². The minimum Gasteiger partial charge on any atom is -0.459 e. The van der Waals surface area contributed by atoms with Crippen LogP contribution in [-0.2, 0) is 9.59 Å². The molecule has 1 saturated heterocycles. The Bertz CT molecular complexity index is 770. The predicted molar refractivity (Wildman–Crippen MR) is 92.3 cm³/mol. The van der Waals surface area contributed by atoms with Gasteiger partial charge in [-0.05, 0) is 43.2 Å². The first kappa shape index (κ1) is 16.8. The van der Waals surface area contributed by atoms with Crippen molar-refractivity contribution in [2.75, 3.05) is 23.3 Å². The number of piperidine rings is 1. The van der Waals surface area contributed by atoms with Gasteiger partial charge in [0.2, 0.25) is 11.8 Å². The van der Waals surface area contributed by atoms with Gasteiger partial charge < -0.3 is 20.0 Å². The molecule has 0 bridgehead atoms. The molecule has 130 valence electrons. The van der Waals surface area contributed by atoms with E-state index in [9.17, 15) is 14.4 Å². The first-order chi connectivity index (χ1) is 12.1. The van der Waals surface area contributed by atoms with Crippen molar-refractivity contribution in [2.45, 2.75) is 19.3 Å². The van der Waals surface area contributed by atoms with Crippen LogP contribution in [-0.4, -0.2) is 30.8 Å². The van der Waals surface area contributed by atoms with Gasteiger partial charge in [-0.2, -0.15) is 0 Å². The molecule has 1 aliphatic rings. The second-order valence-electron chi connectivity index (χ2n) is 5.76. The summed E-state index contributed by atoms with van der Waals surface area (Å²) in [6, 6.07) is 10.3. The zero-order valence-electron chi connectivity index (χ0n) is 13.7. The standard InChI is InChI=1S/C18H19N3O4/c22-16(12-19-18(24)15-7-4-10-25-15)20-13-5-3-6-14(11-13)21-9-2-1-8-17(21)23/h3-7,10-11H,1-2,8-9,12H2,(H,19,24)(H,20,22). The minimum absolute atomic E-state index is 0.0976. The van der Waals surface area contributed by atoms with E-state index in [1.165, 1.54) is 12.3 Å². The molecule has 0 spiro atoms. The van der Waals surface area contributed by atoms with Crippen LogP contribution in [0.3, 0.4) is 0 Å². The zero-order valence-corrected chi connectivity index (χ0v) is 13.7. The molecule has 7 heteroatoms. The van der Waals surface area contributed by atoms with Gasteiger partial charge in [-0.3, -0.25) is 14.4 Å². The molecular formula is C18H19N3O4. The second kappa shape index (κ2) is 7.65. The van der Waals surface area contributed by atoms with E-state index in [1.807, 2.05) is 6.07 Å². The largest absolute Gasteiger partial charge is 0.459 e. The van der Waals surface area contributed by atoms with E-state index in [1.54, 1.807) is 29.2 Å². The first-order valence-electron chi connectivity index (χ1n) is 8.15. The van der Waals surface area contributed by atoms with Crippen LogP contribution in [0.15, 0.2) is 47.1 Å². The van der Waals surface area contributed by atoms with Crippen LogP contribution >= 0.6 is 0 Å². The van der Waals surface area contributed by atoms with Crippen molar-refractivity contribution < 1.29 is 18.8 Å². The van der Waals surface area contributed by atoms with E-state index < -0.39 is 5.91 Å². The number of anilines is 2. The number of hydrogen-bond donors (Lipinski definition) is 2. The highest BCUT2D eigenvalue weighted by Gasteiger charge is 2.19. The van der Waals surface area contributed by atoms with E-state index in [4.69, 9.17) is 4.42 Å². The van der Waals surface area contributed by atoms with Crippen LogP contribution < -0.4 is 15.5 Å². The summed E-state index contributed by atoms with van der Waals surface area (Å²) in [7, 11) is 0. The Morgan fingerprint density at radius 1 is 1.16 bits per heavy atom. The summed E-state index contributed by atoms with van der Waals surface area (Å²) in [6.45, 7) is 0.516. The minimum atomic E-state index is -0.451. The number of furan rings is 1. The molecule has 3 amide bonds. The van der Waals surface area contributed by atoms with Gasteiger partial charge in [0.1, 0.15) is 0 Å².